The van der Waals surface area contributed by atoms with E-state index in [2.05, 4.69) is 4.98 Å². The summed E-state index contributed by atoms with van der Waals surface area (Å²) in [5.74, 6) is -0.303. The fourth-order valence-electron chi connectivity index (χ4n) is 2.24. The van der Waals surface area contributed by atoms with Crippen LogP contribution in [0.1, 0.15) is 33.4 Å². The van der Waals surface area contributed by atoms with E-state index in [0.717, 1.165) is 5.56 Å². The van der Waals surface area contributed by atoms with Crippen molar-refractivity contribution >= 4 is 24.5 Å². The highest BCUT2D eigenvalue weighted by Crippen LogP contribution is 2.39. The molecule has 0 radical (unpaired) electrons. The minimum atomic E-state index is -1.04. The number of thiazole rings is 1. The molecule has 2 aromatic rings. The largest absolute Gasteiger partial charge is 0.525 e. The molecule has 1 aromatic heterocycles. The highest BCUT2D eigenvalue weighted by molar-refractivity contribution is 7.13. The maximum atomic E-state index is 14.5. The summed E-state index contributed by atoms with van der Waals surface area (Å²) in [7, 11) is -1.04. The van der Waals surface area contributed by atoms with Gasteiger partial charge in [-0.15, -0.1) is 11.3 Å². The molecule has 3 nitrogen and oxygen atoms in total. The van der Waals surface area contributed by atoms with E-state index in [1.54, 1.807) is 17.5 Å². The molecule has 126 valence electrons. The van der Waals surface area contributed by atoms with Crippen LogP contribution >= 0.6 is 11.3 Å². The molecule has 0 N–H and O–H groups in total. The first-order valence-electron chi connectivity index (χ1n) is 7.62. The third-order valence-electron chi connectivity index (χ3n) is 4.38. The average Bonchev–Trinajstić information content (AvgIpc) is 3.02. The van der Waals surface area contributed by atoms with Crippen LogP contribution in [0.2, 0.25) is 0 Å². The molecule has 1 fully saturated rings. The second-order valence-electron chi connectivity index (χ2n) is 6.70. The standard InChI is InChI=1S/C17H18BF2NO2S/c1-16(2)17(3,4)23-18(22-16)14(20)9-13-10-24-15(21-13)11-5-7-12(19)8-6-11/h5-10H,1-4H3. The Morgan fingerprint density at radius 2 is 1.71 bits per heavy atom. The van der Waals surface area contributed by atoms with E-state index in [-0.39, 0.29) is 5.82 Å². The molecule has 2 heterocycles. The van der Waals surface area contributed by atoms with Crippen molar-refractivity contribution < 1.29 is 18.1 Å². The molecule has 0 aliphatic carbocycles. The van der Waals surface area contributed by atoms with E-state index in [9.17, 15) is 8.78 Å². The van der Waals surface area contributed by atoms with Crippen LogP contribution in [-0.4, -0.2) is 23.3 Å². The molecule has 3 rings (SSSR count). The topological polar surface area (TPSA) is 31.4 Å². The van der Waals surface area contributed by atoms with Gasteiger partial charge in [-0.2, -0.15) is 0 Å². The SMILES string of the molecule is CC1(C)OB(C(F)=Cc2csc(-c3ccc(F)cc3)n2)OC1(C)C. The van der Waals surface area contributed by atoms with E-state index in [1.807, 2.05) is 27.7 Å². The third kappa shape index (κ3) is 3.29. The number of benzene rings is 1. The first-order valence-corrected chi connectivity index (χ1v) is 8.50. The summed E-state index contributed by atoms with van der Waals surface area (Å²) in [5.41, 5.74) is -0.442. The van der Waals surface area contributed by atoms with Crippen molar-refractivity contribution in [3.8, 4) is 10.6 Å². The van der Waals surface area contributed by atoms with Crippen LogP contribution in [-0.2, 0) is 9.31 Å². The summed E-state index contributed by atoms with van der Waals surface area (Å²) < 4.78 is 38.8. The van der Waals surface area contributed by atoms with Gasteiger partial charge in [-0.1, -0.05) is 0 Å². The Kier molecular flexibility index (Phi) is 4.36. The molecule has 7 heteroatoms. The van der Waals surface area contributed by atoms with Gasteiger partial charge in [-0.05, 0) is 58.0 Å². The Morgan fingerprint density at radius 3 is 2.29 bits per heavy atom. The van der Waals surface area contributed by atoms with Crippen molar-refractivity contribution in [1.29, 1.82) is 0 Å². The average molecular weight is 349 g/mol. The number of nitrogens with zero attached hydrogens (tertiary/aromatic N) is 1. The lowest BCUT2D eigenvalue weighted by Crippen LogP contribution is -2.41. The molecule has 0 unspecified atom stereocenters. The van der Waals surface area contributed by atoms with Crippen LogP contribution in [0.4, 0.5) is 8.78 Å². The highest BCUT2D eigenvalue weighted by Gasteiger charge is 2.53. The molecule has 1 saturated heterocycles. The molecule has 24 heavy (non-hydrogen) atoms. The second-order valence-corrected chi connectivity index (χ2v) is 7.56. The minimum absolute atomic E-state index is 0.303. The van der Waals surface area contributed by atoms with Crippen LogP contribution < -0.4 is 0 Å². The van der Waals surface area contributed by atoms with Gasteiger partial charge in [0.2, 0.25) is 0 Å². The van der Waals surface area contributed by atoms with Gasteiger partial charge in [0.15, 0.2) is 0 Å². The summed E-state index contributed by atoms with van der Waals surface area (Å²) in [6.45, 7) is 7.48. The molecule has 1 aliphatic heterocycles. The van der Waals surface area contributed by atoms with Crippen LogP contribution in [0.15, 0.2) is 35.4 Å². The van der Waals surface area contributed by atoms with Gasteiger partial charge in [-0.3, -0.25) is 0 Å². The van der Waals surface area contributed by atoms with Crippen molar-refractivity contribution in [3.05, 3.63) is 46.9 Å². The number of aromatic nitrogens is 1. The van der Waals surface area contributed by atoms with Gasteiger partial charge in [0.1, 0.15) is 16.6 Å². The van der Waals surface area contributed by atoms with E-state index in [1.165, 1.54) is 29.5 Å². The highest BCUT2D eigenvalue weighted by atomic mass is 32.1. The molecule has 1 aliphatic rings. The van der Waals surface area contributed by atoms with Gasteiger partial charge in [0.25, 0.3) is 0 Å². The predicted molar refractivity (Wildman–Crippen MR) is 92.7 cm³/mol. The van der Waals surface area contributed by atoms with E-state index in [0.29, 0.717) is 10.7 Å². The maximum absolute atomic E-state index is 14.5. The fourth-order valence-corrected chi connectivity index (χ4v) is 3.03. The zero-order valence-electron chi connectivity index (χ0n) is 14.0. The number of halogens is 2. The van der Waals surface area contributed by atoms with Crippen molar-refractivity contribution in [2.75, 3.05) is 0 Å². The lowest BCUT2D eigenvalue weighted by molar-refractivity contribution is 0.00578. The van der Waals surface area contributed by atoms with Gasteiger partial charge in [-0.25, -0.2) is 13.8 Å². The first kappa shape index (κ1) is 17.3. The smallest absolute Gasteiger partial charge is 0.398 e. The van der Waals surface area contributed by atoms with E-state index >= 15 is 0 Å². The Labute approximate surface area is 144 Å². The van der Waals surface area contributed by atoms with Gasteiger partial charge >= 0.3 is 7.12 Å². The minimum Gasteiger partial charge on any atom is -0.398 e. The third-order valence-corrected chi connectivity index (χ3v) is 5.29. The Morgan fingerprint density at radius 1 is 1.12 bits per heavy atom. The second kappa shape index (κ2) is 6.06. The summed E-state index contributed by atoms with van der Waals surface area (Å²) in [6, 6.07) is 6.03. The normalized spacial score (nSPS) is 19.8. The quantitative estimate of drug-likeness (QED) is 0.740. The van der Waals surface area contributed by atoms with Crippen molar-refractivity contribution in [2.45, 2.75) is 38.9 Å². The van der Waals surface area contributed by atoms with Gasteiger partial charge < -0.3 is 9.31 Å². The van der Waals surface area contributed by atoms with Crippen molar-refractivity contribution in [3.63, 3.8) is 0 Å². The Balaban J connectivity index is 1.79. The number of hydrogen-bond acceptors (Lipinski definition) is 4. The molecular weight excluding hydrogens is 331 g/mol. The molecule has 0 spiro atoms. The number of rotatable bonds is 3. The Hall–Kier alpha value is -1.57. The Bertz CT molecular complexity index is 755. The maximum Gasteiger partial charge on any atom is 0.525 e. The number of hydrogen-bond donors (Lipinski definition) is 0. The lowest BCUT2D eigenvalue weighted by atomic mass is 9.87. The predicted octanol–water partition coefficient (Wildman–Crippen LogP) is 4.89. The van der Waals surface area contributed by atoms with Crippen molar-refractivity contribution in [1.82, 2.24) is 4.98 Å². The zero-order valence-corrected chi connectivity index (χ0v) is 14.8. The molecular formula is C17H18BF2NO2S. The molecule has 0 bridgehead atoms. The van der Waals surface area contributed by atoms with Crippen LogP contribution in [0.5, 0.6) is 0 Å². The fraction of sp³-hybridized carbons (Fsp3) is 0.353. The van der Waals surface area contributed by atoms with Crippen LogP contribution in [0, 0.1) is 5.82 Å². The molecule has 0 saturated carbocycles. The summed E-state index contributed by atoms with van der Waals surface area (Å²) in [6.07, 6.45) is 1.31. The molecule has 0 atom stereocenters. The summed E-state index contributed by atoms with van der Waals surface area (Å²) >= 11 is 1.37. The lowest BCUT2D eigenvalue weighted by Gasteiger charge is -2.32. The zero-order chi connectivity index (χ0) is 17.5. The summed E-state index contributed by atoms with van der Waals surface area (Å²) in [4.78, 5) is 4.36. The molecule has 1 aromatic carbocycles. The van der Waals surface area contributed by atoms with Crippen LogP contribution in [0.3, 0.4) is 0 Å². The van der Waals surface area contributed by atoms with Crippen LogP contribution in [0.25, 0.3) is 16.6 Å². The summed E-state index contributed by atoms with van der Waals surface area (Å²) in [5, 5.41) is 2.44. The van der Waals surface area contributed by atoms with E-state index < -0.39 is 24.0 Å². The van der Waals surface area contributed by atoms with Gasteiger partial charge in [0, 0.05) is 10.9 Å². The van der Waals surface area contributed by atoms with E-state index in [4.69, 9.17) is 9.31 Å². The van der Waals surface area contributed by atoms with Gasteiger partial charge in [0.05, 0.1) is 16.9 Å². The first-order chi connectivity index (χ1) is 11.2. The molecule has 0 amide bonds. The van der Waals surface area contributed by atoms with Crippen molar-refractivity contribution in [2.24, 2.45) is 0 Å². The monoisotopic (exact) mass is 349 g/mol.